The van der Waals surface area contributed by atoms with Crippen molar-refractivity contribution in [3.63, 3.8) is 0 Å². The smallest absolute Gasteiger partial charge is 0.182 e. The first-order valence-electron chi connectivity index (χ1n) is 4.19. The van der Waals surface area contributed by atoms with E-state index in [1.165, 1.54) is 0 Å². The molecule has 1 rings (SSSR count). The number of nitrogens with two attached hydrogens (primary N) is 1. The van der Waals surface area contributed by atoms with E-state index in [0.717, 1.165) is 0 Å². The molecule has 0 spiro atoms. The molecule has 4 heteroatoms. The van der Waals surface area contributed by atoms with Gasteiger partial charge in [-0.3, -0.25) is 4.79 Å². The van der Waals surface area contributed by atoms with Crippen molar-refractivity contribution in [2.24, 2.45) is 5.73 Å². The number of ketones is 1. The first kappa shape index (κ1) is 11.3. The summed E-state index contributed by atoms with van der Waals surface area (Å²) in [6, 6.07) is 2.57. The quantitative estimate of drug-likeness (QED) is 0.830. The molecule has 0 aromatic heterocycles. The van der Waals surface area contributed by atoms with E-state index in [-0.39, 0.29) is 15.8 Å². The van der Waals surface area contributed by atoms with Gasteiger partial charge in [0.15, 0.2) is 5.78 Å². The SMILES string of the molecule is Cc1ccc(Br)c(F)c1C(=O)C(C)N. The average molecular weight is 260 g/mol. The summed E-state index contributed by atoms with van der Waals surface area (Å²) in [4.78, 5) is 11.6. The fourth-order valence-electron chi connectivity index (χ4n) is 1.18. The number of halogens is 2. The van der Waals surface area contributed by atoms with Crippen LogP contribution in [0.4, 0.5) is 4.39 Å². The van der Waals surface area contributed by atoms with E-state index in [2.05, 4.69) is 15.9 Å². The summed E-state index contributed by atoms with van der Waals surface area (Å²) in [6.07, 6.45) is 0. The van der Waals surface area contributed by atoms with Crippen LogP contribution in [0.1, 0.15) is 22.8 Å². The molecular formula is C10H11BrFNO. The number of hydrogen-bond acceptors (Lipinski definition) is 2. The van der Waals surface area contributed by atoms with E-state index >= 15 is 0 Å². The van der Waals surface area contributed by atoms with Gasteiger partial charge in [0.2, 0.25) is 0 Å². The molecule has 0 amide bonds. The Labute approximate surface area is 90.4 Å². The number of Topliss-reactive ketones (excluding diaryl/α,β-unsaturated/α-hetero) is 1. The molecular weight excluding hydrogens is 249 g/mol. The van der Waals surface area contributed by atoms with E-state index in [0.29, 0.717) is 5.56 Å². The van der Waals surface area contributed by atoms with Crippen molar-refractivity contribution < 1.29 is 9.18 Å². The van der Waals surface area contributed by atoms with Crippen LogP contribution in [0.5, 0.6) is 0 Å². The minimum Gasteiger partial charge on any atom is -0.321 e. The Bertz CT molecular complexity index is 377. The fourth-order valence-corrected chi connectivity index (χ4v) is 1.51. The summed E-state index contributed by atoms with van der Waals surface area (Å²) in [6.45, 7) is 3.23. The maximum Gasteiger partial charge on any atom is 0.182 e. The molecule has 0 fully saturated rings. The molecule has 14 heavy (non-hydrogen) atoms. The van der Waals surface area contributed by atoms with Gasteiger partial charge in [-0.25, -0.2) is 4.39 Å². The number of hydrogen-bond donors (Lipinski definition) is 1. The lowest BCUT2D eigenvalue weighted by atomic mass is 10.0. The summed E-state index contributed by atoms with van der Waals surface area (Å²) in [5.41, 5.74) is 6.11. The standard InChI is InChI=1S/C10H11BrFNO/c1-5-3-4-7(11)9(12)8(5)10(14)6(2)13/h3-4,6H,13H2,1-2H3. The van der Waals surface area contributed by atoms with Gasteiger partial charge in [0.05, 0.1) is 16.1 Å². The Kier molecular flexibility index (Phi) is 3.39. The number of carbonyl (C=O) groups is 1. The zero-order valence-corrected chi connectivity index (χ0v) is 9.56. The van der Waals surface area contributed by atoms with Crippen LogP contribution in [0.15, 0.2) is 16.6 Å². The predicted molar refractivity (Wildman–Crippen MR) is 56.8 cm³/mol. The fraction of sp³-hybridized carbons (Fsp3) is 0.300. The zero-order chi connectivity index (χ0) is 10.9. The van der Waals surface area contributed by atoms with Crippen molar-refractivity contribution in [2.45, 2.75) is 19.9 Å². The number of rotatable bonds is 2. The van der Waals surface area contributed by atoms with Crippen LogP contribution in [-0.4, -0.2) is 11.8 Å². The summed E-state index contributed by atoms with van der Waals surface area (Å²) in [5, 5.41) is 0. The van der Waals surface area contributed by atoms with Crippen molar-refractivity contribution in [1.29, 1.82) is 0 Å². The van der Waals surface area contributed by atoms with E-state index < -0.39 is 11.9 Å². The Morgan fingerprint density at radius 1 is 1.57 bits per heavy atom. The Morgan fingerprint density at radius 3 is 2.64 bits per heavy atom. The first-order chi connectivity index (χ1) is 6.45. The normalized spacial score (nSPS) is 12.6. The molecule has 0 radical (unpaired) electrons. The van der Waals surface area contributed by atoms with Crippen molar-refractivity contribution >= 4 is 21.7 Å². The maximum absolute atomic E-state index is 13.5. The number of carbonyl (C=O) groups excluding carboxylic acids is 1. The number of aryl methyl sites for hydroxylation is 1. The summed E-state index contributed by atoms with van der Waals surface area (Å²) < 4.78 is 13.8. The van der Waals surface area contributed by atoms with Crippen LogP contribution in [0.2, 0.25) is 0 Å². The molecule has 1 aromatic carbocycles. The predicted octanol–water partition coefficient (Wildman–Crippen LogP) is 2.43. The topological polar surface area (TPSA) is 43.1 Å². The zero-order valence-electron chi connectivity index (χ0n) is 7.97. The third-order valence-corrected chi connectivity index (χ3v) is 2.58. The van der Waals surface area contributed by atoms with Gasteiger partial charge >= 0.3 is 0 Å². The third-order valence-electron chi connectivity index (χ3n) is 1.96. The van der Waals surface area contributed by atoms with Gasteiger partial charge in [0.1, 0.15) is 5.82 Å². The van der Waals surface area contributed by atoms with Crippen LogP contribution >= 0.6 is 15.9 Å². The highest BCUT2D eigenvalue weighted by molar-refractivity contribution is 9.10. The second kappa shape index (κ2) is 4.19. The minimum atomic E-state index is -0.683. The molecule has 2 nitrogen and oxygen atoms in total. The molecule has 0 heterocycles. The van der Waals surface area contributed by atoms with E-state index in [9.17, 15) is 9.18 Å². The van der Waals surface area contributed by atoms with Crippen molar-refractivity contribution in [2.75, 3.05) is 0 Å². The summed E-state index contributed by atoms with van der Waals surface area (Å²) >= 11 is 3.03. The molecule has 1 atom stereocenters. The highest BCUT2D eigenvalue weighted by Gasteiger charge is 2.19. The van der Waals surface area contributed by atoms with Crippen molar-refractivity contribution in [3.05, 3.63) is 33.5 Å². The second-order valence-corrected chi connectivity index (χ2v) is 4.06. The Balaban J connectivity index is 3.33. The van der Waals surface area contributed by atoms with Gasteiger partial charge in [0, 0.05) is 0 Å². The van der Waals surface area contributed by atoms with Crippen LogP contribution in [0.3, 0.4) is 0 Å². The van der Waals surface area contributed by atoms with E-state index in [1.807, 2.05) is 0 Å². The Hall–Kier alpha value is -0.740. The molecule has 0 saturated carbocycles. The van der Waals surface area contributed by atoms with E-state index in [4.69, 9.17) is 5.73 Å². The lowest BCUT2D eigenvalue weighted by Gasteiger charge is -2.09. The molecule has 1 unspecified atom stereocenters. The minimum absolute atomic E-state index is 0.0781. The maximum atomic E-state index is 13.5. The monoisotopic (exact) mass is 259 g/mol. The summed E-state index contributed by atoms with van der Waals surface area (Å²) in [7, 11) is 0. The largest absolute Gasteiger partial charge is 0.321 e. The van der Waals surface area contributed by atoms with Crippen LogP contribution in [0.25, 0.3) is 0 Å². The molecule has 0 saturated heterocycles. The molecule has 0 aliphatic rings. The van der Waals surface area contributed by atoms with Crippen LogP contribution in [0, 0.1) is 12.7 Å². The third kappa shape index (κ3) is 2.01. The average Bonchev–Trinajstić information content (AvgIpc) is 2.12. The Morgan fingerprint density at radius 2 is 2.14 bits per heavy atom. The summed E-state index contributed by atoms with van der Waals surface area (Å²) in [5.74, 6) is -0.909. The van der Waals surface area contributed by atoms with Gasteiger partial charge in [0.25, 0.3) is 0 Å². The lowest BCUT2D eigenvalue weighted by molar-refractivity contribution is 0.0963. The second-order valence-electron chi connectivity index (χ2n) is 3.21. The van der Waals surface area contributed by atoms with Crippen molar-refractivity contribution in [3.8, 4) is 0 Å². The van der Waals surface area contributed by atoms with Gasteiger partial charge < -0.3 is 5.73 Å². The van der Waals surface area contributed by atoms with Crippen molar-refractivity contribution in [1.82, 2.24) is 0 Å². The van der Waals surface area contributed by atoms with Crippen LogP contribution < -0.4 is 5.73 Å². The van der Waals surface area contributed by atoms with E-state index in [1.54, 1.807) is 26.0 Å². The molecule has 0 bridgehead atoms. The highest BCUT2D eigenvalue weighted by atomic mass is 79.9. The van der Waals surface area contributed by atoms with Gasteiger partial charge in [-0.2, -0.15) is 0 Å². The molecule has 2 N–H and O–H groups in total. The molecule has 0 aliphatic heterocycles. The molecule has 1 aromatic rings. The molecule has 76 valence electrons. The van der Waals surface area contributed by atoms with Crippen LogP contribution in [-0.2, 0) is 0 Å². The molecule has 0 aliphatic carbocycles. The highest BCUT2D eigenvalue weighted by Crippen LogP contribution is 2.22. The van der Waals surface area contributed by atoms with Gasteiger partial charge in [-0.15, -0.1) is 0 Å². The lowest BCUT2D eigenvalue weighted by Crippen LogP contribution is -2.28. The van der Waals surface area contributed by atoms with Gasteiger partial charge in [-0.1, -0.05) is 6.07 Å². The number of benzene rings is 1. The van der Waals surface area contributed by atoms with Gasteiger partial charge in [-0.05, 0) is 41.4 Å². The first-order valence-corrected chi connectivity index (χ1v) is 4.99.